The van der Waals surface area contributed by atoms with Crippen LogP contribution >= 0.6 is 11.3 Å². The van der Waals surface area contributed by atoms with Crippen molar-refractivity contribution in [3.05, 3.63) is 71.0 Å². The topological polar surface area (TPSA) is 66.9 Å². The number of hydrogen-bond acceptors (Lipinski definition) is 4. The predicted molar refractivity (Wildman–Crippen MR) is 94.3 cm³/mol. The zero-order valence-electron chi connectivity index (χ0n) is 12.4. The molecule has 1 heterocycles. The summed E-state index contributed by atoms with van der Waals surface area (Å²) in [6.07, 6.45) is 3.72. The molecule has 2 aromatic carbocycles. The maximum absolute atomic E-state index is 13.5. The van der Waals surface area contributed by atoms with Crippen LogP contribution in [0.4, 0.5) is 20.0 Å². The summed E-state index contributed by atoms with van der Waals surface area (Å²) in [5.41, 5.74) is 1.14. The smallest absolute Gasteiger partial charge is 0.305 e. The van der Waals surface area contributed by atoms with Crippen LogP contribution in [-0.4, -0.2) is 16.2 Å². The normalized spacial score (nSPS) is 10.7. The first-order valence-corrected chi connectivity index (χ1v) is 7.91. The standard InChI is InChI=1S/C17H13FN4OS/c18-13-8-4-5-9-14(13)19-16(23)20-17-22-21-15(24-17)11-10-12-6-2-1-3-7-12/h1-11H,(H2,19,20,22,23). The molecule has 0 saturated carbocycles. The number of nitrogens with one attached hydrogen (secondary N) is 2. The van der Waals surface area contributed by atoms with Crippen LogP contribution in [0.5, 0.6) is 0 Å². The molecule has 3 aromatic rings. The van der Waals surface area contributed by atoms with Crippen molar-refractivity contribution in [1.82, 2.24) is 10.2 Å². The fourth-order valence-corrected chi connectivity index (χ4v) is 2.54. The lowest BCUT2D eigenvalue weighted by Gasteiger charge is -2.05. The number of anilines is 2. The Hall–Kier alpha value is -3.06. The number of aromatic nitrogens is 2. The fourth-order valence-electron chi connectivity index (χ4n) is 1.90. The Morgan fingerprint density at radius 3 is 2.50 bits per heavy atom. The minimum absolute atomic E-state index is 0.101. The SMILES string of the molecule is O=C(Nc1nnc(C=Cc2ccccc2)s1)Nc1ccccc1F. The number of carbonyl (C=O) groups excluding carboxylic acids is 1. The molecule has 0 radical (unpaired) electrons. The Labute approximate surface area is 141 Å². The van der Waals surface area contributed by atoms with Gasteiger partial charge in [0.2, 0.25) is 5.13 Å². The second-order valence-corrected chi connectivity index (χ2v) is 5.76. The number of nitrogens with zero attached hydrogens (tertiary/aromatic N) is 2. The van der Waals surface area contributed by atoms with E-state index in [9.17, 15) is 9.18 Å². The van der Waals surface area contributed by atoms with Gasteiger partial charge in [0.05, 0.1) is 5.69 Å². The Bertz CT molecular complexity index is 864. The third kappa shape index (κ3) is 4.23. The van der Waals surface area contributed by atoms with Crippen molar-refractivity contribution in [1.29, 1.82) is 0 Å². The van der Waals surface area contributed by atoms with E-state index in [1.807, 2.05) is 42.5 Å². The van der Waals surface area contributed by atoms with Gasteiger partial charge in [-0.25, -0.2) is 9.18 Å². The van der Waals surface area contributed by atoms with Gasteiger partial charge in [-0.1, -0.05) is 59.9 Å². The molecule has 0 aliphatic rings. The van der Waals surface area contributed by atoms with Gasteiger partial charge in [0, 0.05) is 0 Å². The van der Waals surface area contributed by atoms with E-state index in [0.717, 1.165) is 5.56 Å². The van der Waals surface area contributed by atoms with Crippen LogP contribution in [0.1, 0.15) is 10.6 Å². The highest BCUT2D eigenvalue weighted by Gasteiger charge is 2.09. The minimum Gasteiger partial charge on any atom is -0.305 e. The zero-order valence-corrected chi connectivity index (χ0v) is 13.3. The summed E-state index contributed by atoms with van der Waals surface area (Å²) in [4.78, 5) is 11.9. The first kappa shape index (κ1) is 15.8. The zero-order chi connectivity index (χ0) is 16.8. The molecule has 0 atom stereocenters. The highest BCUT2D eigenvalue weighted by molar-refractivity contribution is 7.16. The van der Waals surface area contributed by atoms with E-state index >= 15 is 0 Å². The van der Waals surface area contributed by atoms with Gasteiger partial charge in [-0.05, 0) is 23.8 Å². The maximum atomic E-state index is 13.5. The molecule has 0 unspecified atom stereocenters. The van der Waals surface area contributed by atoms with Crippen LogP contribution in [-0.2, 0) is 0 Å². The summed E-state index contributed by atoms with van der Waals surface area (Å²) in [6, 6.07) is 15.1. The van der Waals surface area contributed by atoms with E-state index in [1.54, 1.807) is 12.1 Å². The third-order valence-corrected chi connectivity index (χ3v) is 3.81. The van der Waals surface area contributed by atoms with Gasteiger partial charge in [-0.3, -0.25) is 5.32 Å². The minimum atomic E-state index is -0.574. The average Bonchev–Trinajstić information content (AvgIpc) is 3.03. The lowest BCUT2D eigenvalue weighted by Crippen LogP contribution is -2.19. The average molecular weight is 340 g/mol. The Balaban J connectivity index is 1.61. The molecule has 3 rings (SSSR count). The van der Waals surface area contributed by atoms with Gasteiger partial charge in [0.1, 0.15) is 10.8 Å². The second kappa shape index (κ2) is 7.47. The van der Waals surface area contributed by atoms with Crippen molar-refractivity contribution in [2.75, 3.05) is 10.6 Å². The van der Waals surface area contributed by atoms with Crippen LogP contribution in [0.3, 0.4) is 0 Å². The molecule has 7 heteroatoms. The molecule has 1 aromatic heterocycles. The van der Waals surface area contributed by atoms with Gasteiger partial charge in [-0.15, -0.1) is 10.2 Å². The monoisotopic (exact) mass is 340 g/mol. The fraction of sp³-hybridized carbons (Fsp3) is 0. The van der Waals surface area contributed by atoms with Crippen LogP contribution < -0.4 is 10.6 Å². The first-order chi connectivity index (χ1) is 11.7. The number of halogens is 1. The summed E-state index contributed by atoms with van der Waals surface area (Å²) in [5, 5.41) is 13.8. The molecule has 0 aliphatic heterocycles. The highest BCUT2D eigenvalue weighted by atomic mass is 32.1. The molecule has 120 valence electrons. The Kier molecular flexibility index (Phi) is 4.93. The van der Waals surface area contributed by atoms with Gasteiger partial charge in [0.25, 0.3) is 0 Å². The van der Waals surface area contributed by atoms with Crippen LogP contribution in [0.2, 0.25) is 0 Å². The van der Waals surface area contributed by atoms with Crippen molar-refractivity contribution >= 4 is 40.3 Å². The van der Waals surface area contributed by atoms with Crippen molar-refractivity contribution in [3.63, 3.8) is 0 Å². The molecular formula is C17H13FN4OS. The van der Waals surface area contributed by atoms with Crippen LogP contribution in [0.25, 0.3) is 12.2 Å². The molecule has 2 N–H and O–H groups in total. The van der Waals surface area contributed by atoms with Gasteiger partial charge < -0.3 is 5.32 Å². The lowest BCUT2D eigenvalue weighted by molar-refractivity contribution is 0.262. The van der Waals surface area contributed by atoms with E-state index in [1.165, 1.54) is 23.5 Å². The Morgan fingerprint density at radius 1 is 0.958 bits per heavy atom. The summed E-state index contributed by atoms with van der Waals surface area (Å²) < 4.78 is 13.5. The number of urea groups is 1. The largest absolute Gasteiger partial charge is 0.325 e. The molecule has 5 nitrogen and oxygen atoms in total. The van der Waals surface area contributed by atoms with Crippen molar-refractivity contribution in [2.24, 2.45) is 0 Å². The summed E-state index contributed by atoms with van der Waals surface area (Å²) in [5.74, 6) is -0.503. The summed E-state index contributed by atoms with van der Waals surface area (Å²) in [7, 11) is 0. The van der Waals surface area contributed by atoms with Gasteiger partial charge in [0.15, 0.2) is 0 Å². The number of hydrogen-bond donors (Lipinski definition) is 2. The van der Waals surface area contributed by atoms with Crippen molar-refractivity contribution < 1.29 is 9.18 Å². The second-order valence-electron chi connectivity index (χ2n) is 4.75. The molecule has 0 fully saturated rings. The van der Waals surface area contributed by atoms with E-state index in [2.05, 4.69) is 20.8 Å². The highest BCUT2D eigenvalue weighted by Crippen LogP contribution is 2.18. The molecule has 0 saturated heterocycles. The Morgan fingerprint density at radius 2 is 1.71 bits per heavy atom. The number of rotatable bonds is 4. The van der Waals surface area contributed by atoms with Crippen LogP contribution in [0, 0.1) is 5.82 Å². The van der Waals surface area contributed by atoms with Crippen LogP contribution in [0.15, 0.2) is 54.6 Å². The predicted octanol–water partition coefficient (Wildman–Crippen LogP) is 4.49. The van der Waals surface area contributed by atoms with Crippen molar-refractivity contribution in [2.45, 2.75) is 0 Å². The quantitative estimate of drug-likeness (QED) is 0.735. The molecule has 24 heavy (non-hydrogen) atoms. The molecular weight excluding hydrogens is 327 g/mol. The summed E-state index contributed by atoms with van der Waals surface area (Å²) >= 11 is 1.22. The number of para-hydroxylation sites is 1. The lowest BCUT2D eigenvalue weighted by atomic mass is 10.2. The summed E-state index contributed by atoms with van der Waals surface area (Å²) in [6.45, 7) is 0. The van der Waals surface area contributed by atoms with Crippen molar-refractivity contribution in [3.8, 4) is 0 Å². The number of carbonyl (C=O) groups is 1. The molecule has 2 amide bonds. The van der Waals surface area contributed by atoms with Gasteiger partial charge in [-0.2, -0.15) is 0 Å². The molecule has 0 spiro atoms. The first-order valence-electron chi connectivity index (χ1n) is 7.10. The number of benzene rings is 2. The number of amides is 2. The van der Waals surface area contributed by atoms with E-state index in [4.69, 9.17) is 0 Å². The maximum Gasteiger partial charge on any atom is 0.325 e. The third-order valence-electron chi connectivity index (χ3n) is 3.00. The molecule has 0 aliphatic carbocycles. The van der Waals surface area contributed by atoms with Gasteiger partial charge >= 0.3 is 6.03 Å². The van der Waals surface area contributed by atoms with E-state index < -0.39 is 11.8 Å². The van der Waals surface area contributed by atoms with E-state index in [-0.39, 0.29) is 5.69 Å². The molecule has 0 bridgehead atoms. The van der Waals surface area contributed by atoms with E-state index in [0.29, 0.717) is 10.1 Å².